The standard InChI is InChI=1S/C22H30N4O2/c1-23-22(24-15-18-14-17-8-3-4-9-20(17)28-18)25-16-19(21-10-7-13-27-21)26-11-5-2-6-12-26/h3-4,7-10,13,18-19H,2,5-6,11-12,14-16H2,1H3,(H2,23,24,25). The van der Waals surface area contributed by atoms with Gasteiger partial charge in [-0.25, -0.2) is 0 Å². The van der Waals surface area contributed by atoms with E-state index in [1.54, 1.807) is 6.26 Å². The fraction of sp³-hybridized carbons (Fsp3) is 0.500. The van der Waals surface area contributed by atoms with Crippen molar-refractivity contribution in [2.45, 2.75) is 37.8 Å². The SMILES string of the molecule is CN=C(NCC1Cc2ccccc2O1)NCC(c1ccco1)N1CCCCC1. The first-order chi connectivity index (χ1) is 13.8. The number of aliphatic imine (C=N–C) groups is 1. The predicted octanol–water partition coefficient (Wildman–Crippen LogP) is 2.98. The first-order valence-electron chi connectivity index (χ1n) is 10.3. The van der Waals surface area contributed by atoms with E-state index in [2.05, 4.69) is 38.7 Å². The highest BCUT2D eigenvalue weighted by Crippen LogP contribution is 2.28. The van der Waals surface area contributed by atoms with Crippen molar-refractivity contribution in [2.24, 2.45) is 4.99 Å². The largest absolute Gasteiger partial charge is 0.488 e. The van der Waals surface area contributed by atoms with Gasteiger partial charge in [-0.1, -0.05) is 24.6 Å². The van der Waals surface area contributed by atoms with E-state index in [0.717, 1.165) is 50.1 Å². The average molecular weight is 383 g/mol. The molecule has 0 aliphatic carbocycles. The van der Waals surface area contributed by atoms with E-state index >= 15 is 0 Å². The molecule has 2 aliphatic rings. The van der Waals surface area contributed by atoms with Crippen LogP contribution in [0.25, 0.3) is 0 Å². The van der Waals surface area contributed by atoms with Crippen molar-refractivity contribution in [3.8, 4) is 5.75 Å². The molecule has 2 atom stereocenters. The summed E-state index contributed by atoms with van der Waals surface area (Å²) in [5.41, 5.74) is 1.28. The third kappa shape index (κ3) is 4.50. The Kier molecular flexibility index (Phi) is 6.17. The van der Waals surface area contributed by atoms with E-state index in [1.807, 2.05) is 25.2 Å². The number of rotatable bonds is 6. The van der Waals surface area contributed by atoms with Gasteiger partial charge in [0.15, 0.2) is 5.96 Å². The fourth-order valence-corrected chi connectivity index (χ4v) is 4.11. The van der Waals surface area contributed by atoms with Crippen LogP contribution in [0.1, 0.15) is 36.6 Å². The Morgan fingerprint density at radius 1 is 1.14 bits per heavy atom. The molecule has 2 aliphatic heterocycles. The van der Waals surface area contributed by atoms with Crippen LogP contribution >= 0.6 is 0 Å². The summed E-state index contributed by atoms with van der Waals surface area (Å²) in [7, 11) is 1.81. The van der Waals surface area contributed by atoms with Crippen LogP contribution in [0, 0.1) is 0 Å². The summed E-state index contributed by atoms with van der Waals surface area (Å²) in [5.74, 6) is 2.81. The zero-order chi connectivity index (χ0) is 19.2. The van der Waals surface area contributed by atoms with Gasteiger partial charge in [0, 0.05) is 20.0 Å². The molecule has 1 saturated heterocycles. The van der Waals surface area contributed by atoms with Crippen molar-refractivity contribution in [2.75, 3.05) is 33.2 Å². The smallest absolute Gasteiger partial charge is 0.191 e. The highest BCUT2D eigenvalue weighted by molar-refractivity contribution is 5.79. The van der Waals surface area contributed by atoms with E-state index in [1.165, 1.54) is 24.8 Å². The van der Waals surface area contributed by atoms with Crippen LogP contribution in [0.4, 0.5) is 0 Å². The summed E-state index contributed by atoms with van der Waals surface area (Å²) in [6, 6.07) is 12.5. The maximum absolute atomic E-state index is 6.01. The molecule has 2 N–H and O–H groups in total. The number of furan rings is 1. The zero-order valence-electron chi connectivity index (χ0n) is 16.6. The minimum atomic E-state index is 0.138. The van der Waals surface area contributed by atoms with Gasteiger partial charge in [0.05, 0.1) is 18.8 Å². The number of benzene rings is 1. The molecule has 1 fully saturated rings. The summed E-state index contributed by atoms with van der Waals surface area (Å²) in [4.78, 5) is 6.90. The molecule has 2 unspecified atom stereocenters. The summed E-state index contributed by atoms with van der Waals surface area (Å²) in [6.07, 6.45) is 6.66. The topological polar surface area (TPSA) is 62.0 Å². The Bertz CT molecular complexity index is 744. The molecule has 1 aromatic heterocycles. The number of likely N-dealkylation sites (tertiary alicyclic amines) is 1. The second-order valence-corrected chi connectivity index (χ2v) is 7.51. The van der Waals surface area contributed by atoms with E-state index in [0.29, 0.717) is 0 Å². The molecule has 0 spiro atoms. The number of guanidine groups is 1. The summed E-state index contributed by atoms with van der Waals surface area (Å²) >= 11 is 0. The first-order valence-corrected chi connectivity index (χ1v) is 10.3. The molecule has 0 bridgehead atoms. The van der Waals surface area contributed by atoms with Gasteiger partial charge in [-0.15, -0.1) is 0 Å². The second-order valence-electron chi connectivity index (χ2n) is 7.51. The number of para-hydroxylation sites is 1. The molecule has 6 heteroatoms. The van der Waals surface area contributed by atoms with Gasteiger partial charge in [0.2, 0.25) is 0 Å². The van der Waals surface area contributed by atoms with Crippen molar-refractivity contribution < 1.29 is 9.15 Å². The average Bonchev–Trinajstić information content (AvgIpc) is 3.41. The van der Waals surface area contributed by atoms with Crippen LogP contribution < -0.4 is 15.4 Å². The van der Waals surface area contributed by atoms with Gasteiger partial charge in [-0.2, -0.15) is 0 Å². The first kappa shape index (κ1) is 18.9. The molecule has 0 amide bonds. The Morgan fingerprint density at radius 2 is 2.00 bits per heavy atom. The molecule has 28 heavy (non-hydrogen) atoms. The monoisotopic (exact) mass is 382 g/mol. The molecule has 4 rings (SSSR count). The summed E-state index contributed by atoms with van der Waals surface area (Å²) in [5, 5.41) is 6.90. The van der Waals surface area contributed by atoms with Gasteiger partial charge in [-0.05, 0) is 49.7 Å². The van der Waals surface area contributed by atoms with Crippen LogP contribution in [0.15, 0.2) is 52.1 Å². The third-order valence-corrected chi connectivity index (χ3v) is 5.60. The quantitative estimate of drug-likeness (QED) is 0.594. The van der Waals surface area contributed by atoms with Gasteiger partial charge in [0.1, 0.15) is 17.6 Å². The van der Waals surface area contributed by atoms with Crippen LogP contribution in [0.3, 0.4) is 0 Å². The van der Waals surface area contributed by atoms with E-state index in [9.17, 15) is 0 Å². The van der Waals surface area contributed by atoms with Crippen molar-refractivity contribution in [1.82, 2.24) is 15.5 Å². The molecule has 150 valence electrons. The fourth-order valence-electron chi connectivity index (χ4n) is 4.11. The predicted molar refractivity (Wildman–Crippen MR) is 111 cm³/mol. The minimum absolute atomic E-state index is 0.138. The van der Waals surface area contributed by atoms with Gasteiger partial charge in [-0.3, -0.25) is 9.89 Å². The maximum Gasteiger partial charge on any atom is 0.191 e. The zero-order valence-corrected chi connectivity index (χ0v) is 16.6. The lowest BCUT2D eigenvalue weighted by Gasteiger charge is -2.33. The Hall–Kier alpha value is -2.47. The number of nitrogens with zero attached hydrogens (tertiary/aromatic N) is 2. The molecular formula is C22H30N4O2. The van der Waals surface area contributed by atoms with E-state index in [-0.39, 0.29) is 12.1 Å². The van der Waals surface area contributed by atoms with Crippen molar-refractivity contribution in [3.05, 3.63) is 54.0 Å². The van der Waals surface area contributed by atoms with Crippen molar-refractivity contribution in [1.29, 1.82) is 0 Å². The number of piperidine rings is 1. The molecule has 1 aromatic carbocycles. The third-order valence-electron chi connectivity index (χ3n) is 5.60. The Labute approximate surface area is 167 Å². The molecule has 2 aromatic rings. The van der Waals surface area contributed by atoms with Gasteiger partial charge in [0.25, 0.3) is 0 Å². The Morgan fingerprint density at radius 3 is 2.75 bits per heavy atom. The van der Waals surface area contributed by atoms with Crippen LogP contribution in [0.2, 0.25) is 0 Å². The van der Waals surface area contributed by atoms with Crippen LogP contribution in [0.5, 0.6) is 5.75 Å². The number of hydrogen-bond donors (Lipinski definition) is 2. The highest BCUT2D eigenvalue weighted by Gasteiger charge is 2.25. The lowest BCUT2D eigenvalue weighted by molar-refractivity contribution is 0.146. The van der Waals surface area contributed by atoms with E-state index < -0.39 is 0 Å². The lowest BCUT2D eigenvalue weighted by Crippen LogP contribution is -2.46. The second kappa shape index (κ2) is 9.15. The number of nitrogens with one attached hydrogen (secondary N) is 2. The normalized spacial score (nSPS) is 21.0. The molecule has 6 nitrogen and oxygen atoms in total. The van der Waals surface area contributed by atoms with Crippen molar-refractivity contribution in [3.63, 3.8) is 0 Å². The Balaban J connectivity index is 1.30. The molecular weight excluding hydrogens is 352 g/mol. The summed E-state index contributed by atoms with van der Waals surface area (Å²) in [6.45, 7) is 3.73. The molecule has 0 radical (unpaired) electrons. The summed E-state index contributed by atoms with van der Waals surface area (Å²) < 4.78 is 11.7. The maximum atomic E-state index is 6.01. The van der Waals surface area contributed by atoms with Crippen LogP contribution in [-0.4, -0.2) is 50.2 Å². The van der Waals surface area contributed by atoms with Gasteiger partial charge >= 0.3 is 0 Å². The number of fused-ring (bicyclic) bond motifs is 1. The van der Waals surface area contributed by atoms with E-state index in [4.69, 9.17) is 9.15 Å². The minimum Gasteiger partial charge on any atom is -0.488 e. The van der Waals surface area contributed by atoms with Crippen molar-refractivity contribution >= 4 is 5.96 Å². The lowest BCUT2D eigenvalue weighted by atomic mass is 10.1. The highest BCUT2D eigenvalue weighted by atomic mass is 16.5. The molecule has 3 heterocycles. The number of ether oxygens (including phenoxy) is 1. The van der Waals surface area contributed by atoms with Gasteiger partial charge < -0.3 is 19.8 Å². The van der Waals surface area contributed by atoms with Crippen LogP contribution in [-0.2, 0) is 6.42 Å². The number of hydrogen-bond acceptors (Lipinski definition) is 4. The molecule has 0 saturated carbocycles.